The van der Waals surface area contributed by atoms with Crippen LogP contribution in [0.1, 0.15) is 5.56 Å². The van der Waals surface area contributed by atoms with E-state index >= 15 is 0 Å². The molecule has 0 bridgehead atoms. The molecule has 3 heteroatoms. The number of anilines is 1. The Kier molecular flexibility index (Phi) is 4.08. The second-order valence-corrected chi connectivity index (χ2v) is 5.15. The molecular formula is C14H19ClN2. The van der Waals surface area contributed by atoms with Crippen molar-refractivity contribution in [2.75, 3.05) is 37.6 Å². The molecule has 1 aromatic rings. The number of rotatable bonds is 3. The third-order valence-corrected chi connectivity index (χ3v) is 3.25. The zero-order valence-corrected chi connectivity index (χ0v) is 11.1. The summed E-state index contributed by atoms with van der Waals surface area (Å²) in [5.74, 6) is 0. The van der Waals surface area contributed by atoms with Crippen molar-refractivity contribution >= 4 is 17.3 Å². The monoisotopic (exact) mass is 250 g/mol. The predicted molar refractivity (Wildman–Crippen MR) is 74.8 cm³/mol. The third-order valence-electron chi connectivity index (χ3n) is 3.13. The van der Waals surface area contributed by atoms with Crippen molar-refractivity contribution in [2.24, 2.45) is 0 Å². The molecule has 1 saturated heterocycles. The molecule has 0 aliphatic carbocycles. The maximum Gasteiger partial charge on any atom is 0.0369 e. The van der Waals surface area contributed by atoms with Gasteiger partial charge in [-0.15, -0.1) is 0 Å². The van der Waals surface area contributed by atoms with Crippen LogP contribution in [0.15, 0.2) is 35.9 Å². The number of halogens is 1. The second-order valence-electron chi connectivity index (χ2n) is 4.62. The number of aryl methyl sites for hydroxylation is 1. The molecule has 0 aromatic heterocycles. The van der Waals surface area contributed by atoms with Crippen LogP contribution in [-0.4, -0.2) is 37.6 Å². The zero-order chi connectivity index (χ0) is 12.3. The van der Waals surface area contributed by atoms with E-state index in [1.165, 1.54) is 11.3 Å². The SMILES string of the molecule is C=C(Cl)CN1CCN(c2cccc(C)c2)CC1. The first kappa shape index (κ1) is 12.5. The molecule has 2 rings (SSSR count). The number of hydrogen-bond donors (Lipinski definition) is 0. The van der Waals surface area contributed by atoms with Crippen molar-refractivity contribution in [2.45, 2.75) is 6.92 Å². The van der Waals surface area contributed by atoms with E-state index in [2.05, 4.69) is 47.6 Å². The van der Waals surface area contributed by atoms with Gasteiger partial charge in [0.05, 0.1) is 0 Å². The molecule has 17 heavy (non-hydrogen) atoms. The van der Waals surface area contributed by atoms with Gasteiger partial charge in [0.25, 0.3) is 0 Å². The average molecular weight is 251 g/mol. The fourth-order valence-corrected chi connectivity index (χ4v) is 2.40. The largest absolute Gasteiger partial charge is 0.369 e. The van der Waals surface area contributed by atoms with E-state index in [0.717, 1.165) is 37.8 Å². The molecule has 1 aromatic carbocycles. The average Bonchev–Trinajstić information content (AvgIpc) is 2.29. The lowest BCUT2D eigenvalue weighted by atomic mass is 10.2. The lowest BCUT2D eigenvalue weighted by Crippen LogP contribution is -2.46. The standard InChI is InChI=1S/C14H19ClN2/c1-12-4-3-5-14(10-12)17-8-6-16(7-9-17)11-13(2)15/h3-5,10H,2,6-9,11H2,1H3. The molecule has 0 radical (unpaired) electrons. The maximum atomic E-state index is 5.84. The van der Waals surface area contributed by atoms with Gasteiger partial charge in [0.2, 0.25) is 0 Å². The van der Waals surface area contributed by atoms with Gasteiger partial charge >= 0.3 is 0 Å². The first-order valence-corrected chi connectivity index (χ1v) is 6.40. The smallest absolute Gasteiger partial charge is 0.0369 e. The summed E-state index contributed by atoms with van der Waals surface area (Å²) in [6.45, 7) is 10.9. The van der Waals surface area contributed by atoms with Crippen molar-refractivity contribution in [3.05, 3.63) is 41.4 Å². The quantitative estimate of drug-likeness (QED) is 0.814. The van der Waals surface area contributed by atoms with Crippen LogP contribution < -0.4 is 4.90 Å². The van der Waals surface area contributed by atoms with E-state index in [1.807, 2.05) is 0 Å². The van der Waals surface area contributed by atoms with E-state index in [1.54, 1.807) is 0 Å². The molecule has 1 aliphatic rings. The Morgan fingerprint density at radius 1 is 1.29 bits per heavy atom. The second kappa shape index (κ2) is 5.56. The number of hydrogen-bond acceptors (Lipinski definition) is 2. The van der Waals surface area contributed by atoms with Crippen LogP contribution in [0.5, 0.6) is 0 Å². The van der Waals surface area contributed by atoms with Gasteiger partial charge in [-0.1, -0.05) is 30.3 Å². The first-order chi connectivity index (χ1) is 8.15. The summed E-state index contributed by atoms with van der Waals surface area (Å²) in [6, 6.07) is 8.69. The molecule has 0 amide bonds. The highest BCUT2D eigenvalue weighted by Gasteiger charge is 2.17. The predicted octanol–water partition coefficient (Wildman–Crippen LogP) is 2.87. The molecule has 0 spiro atoms. The van der Waals surface area contributed by atoms with Gasteiger partial charge in [-0.05, 0) is 24.6 Å². The highest BCUT2D eigenvalue weighted by Crippen LogP contribution is 2.18. The van der Waals surface area contributed by atoms with Crippen LogP contribution in [-0.2, 0) is 0 Å². The van der Waals surface area contributed by atoms with Crippen LogP contribution in [0.25, 0.3) is 0 Å². The first-order valence-electron chi connectivity index (χ1n) is 6.02. The fourth-order valence-electron chi connectivity index (χ4n) is 2.23. The number of nitrogens with zero attached hydrogens (tertiary/aromatic N) is 2. The molecule has 1 fully saturated rings. The van der Waals surface area contributed by atoms with Crippen LogP contribution in [0.3, 0.4) is 0 Å². The normalized spacial score (nSPS) is 17.2. The van der Waals surface area contributed by atoms with Gasteiger partial charge in [0.1, 0.15) is 0 Å². The van der Waals surface area contributed by atoms with Crippen LogP contribution in [0.2, 0.25) is 0 Å². The molecule has 2 nitrogen and oxygen atoms in total. The summed E-state index contributed by atoms with van der Waals surface area (Å²) in [4.78, 5) is 4.78. The van der Waals surface area contributed by atoms with E-state index in [9.17, 15) is 0 Å². The maximum absolute atomic E-state index is 5.84. The van der Waals surface area contributed by atoms with Crippen LogP contribution in [0, 0.1) is 6.92 Å². The highest BCUT2D eigenvalue weighted by atomic mass is 35.5. The molecule has 1 aliphatic heterocycles. The summed E-state index contributed by atoms with van der Waals surface area (Å²) >= 11 is 5.84. The van der Waals surface area contributed by atoms with Gasteiger partial charge in [-0.25, -0.2) is 0 Å². The van der Waals surface area contributed by atoms with Gasteiger partial charge < -0.3 is 4.90 Å². The topological polar surface area (TPSA) is 6.48 Å². The Balaban J connectivity index is 1.93. The van der Waals surface area contributed by atoms with Gasteiger partial charge in [-0.3, -0.25) is 4.90 Å². The Labute approximate surface area is 108 Å². The molecular weight excluding hydrogens is 232 g/mol. The highest BCUT2D eigenvalue weighted by molar-refractivity contribution is 6.29. The van der Waals surface area contributed by atoms with Crippen LogP contribution >= 0.6 is 11.6 Å². The third kappa shape index (κ3) is 3.48. The fraction of sp³-hybridized carbons (Fsp3) is 0.429. The van der Waals surface area contributed by atoms with E-state index in [0.29, 0.717) is 0 Å². The number of piperazine rings is 1. The summed E-state index contributed by atoms with van der Waals surface area (Å²) in [7, 11) is 0. The van der Waals surface area contributed by atoms with Crippen molar-refractivity contribution in [1.82, 2.24) is 4.90 Å². The van der Waals surface area contributed by atoms with Crippen molar-refractivity contribution < 1.29 is 0 Å². The minimum absolute atomic E-state index is 0.731. The molecule has 0 N–H and O–H groups in total. The minimum Gasteiger partial charge on any atom is -0.369 e. The Hall–Kier alpha value is -0.990. The Morgan fingerprint density at radius 3 is 2.59 bits per heavy atom. The lowest BCUT2D eigenvalue weighted by molar-refractivity contribution is 0.282. The zero-order valence-electron chi connectivity index (χ0n) is 10.3. The molecule has 0 unspecified atom stereocenters. The van der Waals surface area contributed by atoms with E-state index < -0.39 is 0 Å². The molecule has 0 atom stereocenters. The number of benzene rings is 1. The minimum atomic E-state index is 0.731. The van der Waals surface area contributed by atoms with Gasteiger partial charge in [0.15, 0.2) is 0 Å². The summed E-state index contributed by atoms with van der Waals surface area (Å²) in [5.41, 5.74) is 2.65. The van der Waals surface area contributed by atoms with E-state index in [4.69, 9.17) is 11.6 Å². The summed E-state index contributed by atoms with van der Waals surface area (Å²) in [5, 5.41) is 0.731. The Bertz CT molecular complexity index is 395. The molecule has 92 valence electrons. The van der Waals surface area contributed by atoms with Gasteiger partial charge in [-0.2, -0.15) is 0 Å². The Morgan fingerprint density at radius 2 is 2.00 bits per heavy atom. The summed E-state index contributed by atoms with van der Waals surface area (Å²) in [6.07, 6.45) is 0. The molecule has 1 heterocycles. The molecule has 0 saturated carbocycles. The van der Waals surface area contributed by atoms with Gasteiger partial charge in [0, 0.05) is 43.4 Å². The van der Waals surface area contributed by atoms with Crippen molar-refractivity contribution in [3.8, 4) is 0 Å². The summed E-state index contributed by atoms with van der Waals surface area (Å²) < 4.78 is 0. The van der Waals surface area contributed by atoms with Crippen LogP contribution in [0.4, 0.5) is 5.69 Å². The van der Waals surface area contributed by atoms with Crippen molar-refractivity contribution in [1.29, 1.82) is 0 Å². The van der Waals surface area contributed by atoms with E-state index in [-0.39, 0.29) is 0 Å². The van der Waals surface area contributed by atoms with Crippen molar-refractivity contribution in [3.63, 3.8) is 0 Å². The lowest BCUT2D eigenvalue weighted by Gasteiger charge is -2.36.